The van der Waals surface area contributed by atoms with Crippen molar-refractivity contribution in [1.82, 2.24) is 9.88 Å². The predicted octanol–water partition coefficient (Wildman–Crippen LogP) is 2.68. The topological polar surface area (TPSA) is 31.4 Å². The molecule has 4 nitrogen and oxygen atoms in total. The zero-order valence-corrected chi connectivity index (χ0v) is 13.3. The number of hydrogen-bond donors (Lipinski definition) is 1. The van der Waals surface area contributed by atoms with Gasteiger partial charge in [-0.2, -0.15) is 0 Å². The van der Waals surface area contributed by atoms with Crippen LogP contribution >= 0.6 is 0 Å². The zero-order chi connectivity index (χ0) is 14.5. The number of piperidine rings is 1. The molecule has 1 fully saturated rings. The van der Waals surface area contributed by atoms with Crippen molar-refractivity contribution in [1.29, 1.82) is 0 Å². The van der Waals surface area contributed by atoms with Gasteiger partial charge in [-0.25, -0.2) is 0 Å². The second kappa shape index (κ2) is 6.93. The Kier molecular flexibility index (Phi) is 5.24. The number of nitrogens with one attached hydrogen (secondary N) is 1. The molecule has 1 aliphatic rings. The summed E-state index contributed by atoms with van der Waals surface area (Å²) in [4.78, 5) is 8.97. The molecule has 2 rings (SSSR count). The summed E-state index contributed by atoms with van der Waals surface area (Å²) in [5, 5.41) is 3.67. The molecule has 0 spiro atoms. The largest absolute Gasteiger partial charge is 0.379 e. The summed E-state index contributed by atoms with van der Waals surface area (Å²) in [6, 6.07) is 2.64. The van der Waals surface area contributed by atoms with Crippen molar-refractivity contribution in [2.75, 3.05) is 43.9 Å². The third-order valence-corrected chi connectivity index (χ3v) is 3.85. The maximum atomic E-state index is 4.25. The maximum Gasteiger partial charge on any atom is 0.0766 e. The molecule has 112 valence electrons. The summed E-state index contributed by atoms with van der Waals surface area (Å²) in [7, 11) is 4.15. The molecule has 1 aromatic heterocycles. The highest BCUT2D eigenvalue weighted by atomic mass is 15.2. The number of nitrogens with zero attached hydrogens (tertiary/aromatic N) is 3. The Hall–Kier alpha value is -1.29. The SMILES string of the molecule is CC(C)CN1CCC(Nc2cnccc2N(C)C)CC1. The van der Waals surface area contributed by atoms with Gasteiger partial charge in [0.15, 0.2) is 0 Å². The third kappa shape index (κ3) is 4.10. The maximum absolute atomic E-state index is 4.25. The van der Waals surface area contributed by atoms with E-state index in [1.165, 1.54) is 38.2 Å². The molecule has 0 amide bonds. The Bertz CT molecular complexity index is 409. The zero-order valence-electron chi connectivity index (χ0n) is 13.3. The average molecular weight is 276 g/mol. The van der Waals surface area contributed by atoms with E-state index in [2.05, 4.69) is 54.1 Å². The number of anilines is 2. The average Bonchev–Trinajstić information content (AvgIpc) is 2.41. The lowest BCUT2D eigenvalue weighted by atomic mass is 10.0. The number of aromatic nitrogens is 1. The standard InChI is InChI=1S/C16H28N4/c1-13(2)12-20-9-6-14(7-10-20)18-15-11-17-8-5-16(15)19(3)4/h5,8,11,13-14,18H,6-7,9-10,12H2,1-4H3. The van der Waals surface area contributed by atoms with Crippen LogP contribution in [-0.2, 0) is 0 Å². The number of rotatable bonds is 5. The van der Waals surface area contributed by atoms with Crippen LogP contribution in [0.1, 0.15) is 26.7 Å². The van der Waals surface area contributed by atoms with Gasteiger partial charge in [0.25, 0.3) is 0 Å². The van der Waals surface area contributed by atoms with Gasteiger partial charge in [-0.15, -0.1) is 0 Å². The van der Waals surface area contributed by atoms with Crippen molar-refractivity contribution < 1.29 is 0 Å². The fourth-order valence-electron chi connectivity index (χ4n) is 2.88. The Labute approximate surface area is 123 Å². The van der Waals surface area contributed by atoms with E-state index in [4.69, 9.17) is 0 Å². The van der Waals surface area contributed by atoms with Gasteiger partial charge in [0.2, 0.25) is 0 Å². The van der Waals surface area contributed by atoms with Crippen molar-refractivity contribution in [2.45, 2.75) is 32.7 Å². The lowest BCUT2D eigenvalue weighted by Gasteiger charge is -2.34. The van der Waals surface area contributed by atoms with Crippen LogP contribution < -0.4 is 10.2 Å². The number of pyridine rings is 1. The first kappa shape index (κ1) is 15.1. The van der Waals surface area contributed by atoms with Crippen LogP contribution in [0.2, 0.25) is 0 Å². The first-order valence-electron chi connectivity index (χ1n) is 7.66. The predicted molar refractivity (Wildman–Crippen MR) is 86.5 cm³/mol. The van der Waals surface area contributed by atoms with Crippen LogP contribution in [0, 0.1) is 5.92 Å². The number of hydrogen-bond acceptors (Lipinski definition) is 4. The minimum absolute atomic E-state index is 0.571. The summed E-state index contributed by atoms with van der Waals surface area (Å²) in [6.45, 7) is 8.22. The van der Waals surface area contributed by atoms with Gasteiger partial charge in [-0.3, -0.25) is 4.98 Å². The van der Waals surface area contributed by atoms with Crippen LogP contribution in [0.4, 0.5) is 11.4 Å². The molecule has 0 atom stereocenters. The van der Waals surface area contributed by atoms with Crippen LogP contribution in [-0.4, -0.2) is 49.7 Å². The van der Waals surface area contributed by atoms with E-state index >= 15 is 0 Å². The molecule has 0 radical (unpaired) electrons. The smallest absolute Gasteiger partial charge is 0.0766 e. The minimum atomic E-state index is 0.571. The number of likely N-dealkylation sites (tertiary alicyclic amines) is 1. The van der Waals surface area contributed by atoms with E-state index < -0.39 is 0 Å². The molecule has 0 saturated carbocycles. The Morgan fingerprint density at radius 1 is 1.35 bits per heavy atom. The highest BCUT2D eigenvalue weighted by Crippen LogP contribution is 2.25. The molecule has 0 aliphatic carbocycles. The van der Waals surface area contributed by atoms with Gasteiger partial charge < -0.3 is 15.1 Å². The fraction of sp³-hybridized carbons (Fsp3) is 0.688. The molecule has 0 bridgehead atoms. The van der Waals surface area contributed by atoms with E-state index in [0.717, 1.165) is 11.6 Å². The fourth-order valence-corrected chi connectivity index (χ4v) is 2.88. The van der Waals surface area contributed by atoms with Gasteiger partial charge >= 0.3 is 0 Å². The van der Waals surface area contributed by atoms with Gasteiger partial charge in [-0.1, -0.05) is 13.8 Å². The molecule has 2 heterocycles. The summed E-state index contributed by atoms with van der Waals surface area (Å²) in [6.07, 6.45) is 6.23. The lowest BCUT2D eigenvalue weighted by Crippen LogP contribution is -2.40. The van der Waals surface area contributed by atoms with Crippen LogP contribution in [0.15, 0.2) is 18.5 Å². The highest BCUT2D eigenvalue weighted by Gasteiger charge is 2.20. The monoisotopic (exact) mass is 276 g/mol. The Morgan fingerprint density at radius 2 is 2.05 bits per heavy atom. The molecule has 1 aromatic rings. The second-order valence-electron chi connectivity index (χ2n) is 6.40. The second-order valence-corrected chi connectivity index (χ2v) is 6.40. The molecule has 20 heavy (non-hydrogen) atoms. The van der Waals surface area contributed by atoms with Crippen molar-refractivity contribution in [3.63, 3.8) is 0 Å². The van der Waals surface area contributed by atoms with E-state index in [0.29, 0.717) is 6.04 Å². The van der Waals surface area contributed by atoms with Crippen LogP contribution in [0.5, 0.6) is 0 Å². The molecule has 0 aromatic carbocycles. The van der Waals surface area contributed by atoms with Gasteiger partial charge in [0.05, 0.1) is 17.6 Å². The summed E-state index contributed by atoms with van der Waals surface area (Å²) < 4.78 is 0. The molecular weight excluding hydrogens is 248 g/mol. The van der Waals surface area contributed by atoms with E-state index in [-0.39, 0.29) is 0 Å². The van der Waals surface area contributed by atoms with Gasteiger partial charge in [0.1, 0.15) is 0 Å². The van der Waals surface area contributed by atoms with Crippen molar-refractivity contribution >= 4 is 11.4 Å². The quantitative estimate of drug-likeness (QED) is 0.896. The van der Waals surface area contributed by atoms with Crippen LogP contribution in [0.3, 0.4) is 0 Å². The van der Waals surface area contributed by atoms with E-state index in [9.17, 15) is 0 Å². The Balaban J connectivity index is 1.90. The highest BCUT2D eigenvalue weighted by molar-refractivity contribution is 5.68. The summed E-state index contributed by atoms with van der Waals surface area (Å²) in [5.41, 5.74) is 2.37. The normalized spacial score (nSPS) is 17.4. The van der Waals surface area contributed by atoms with Crippen LogP contribution in [0.25, 0.3) is 0 Å². The molecule has 1 saturated heterocycles. The van der Waals surface area contributed by atoms with E-state index in [1.807, 2.05) is 12.4 Å². The Morgan fingerprint density at radius 3 is 2.65 bits per heavy atom. The summed E-state index contributed by atoms with van der Waals surface area (Å²) in [5.74, 6) is 0.762. The van der Waals surface area contributed by atoms with Crippen molar-refractivity contribution in [3.05, 3.63) is 18.5 Å². The first-order chi connectivity index (χ1) is 9.56. The minimum Gasteiger partial charge on any atom is -0.379 e. The lowest BCUT2D eigenvalue weighted by molar-refractivity contribution is 0.198. The first-order valence-corrected chi connectivity index (χ1v) is 7.66. The molecule has 1 N–H and O–H groups in total. The third-order valence-electron chi connectivity index (χ3n) is 3.85. The van der Waals surface area contributed by atoms with Crippen molar-refractivity contribution in [3.8, 4) is 0 Å². The van der Waals surface area contributed by atoms with Gasteiger partial charge in [0, 0.05) is 46.0 Å². The van der Waals surface area contributed by atoms with Crippen molar-refractivity contribution in [2.24, 2.45) is 5.92 Å². The molecule has 4 heteroatoms. The summed E-state index contributed by atoms with van der Waals surface area (Å²) >= 11 is 0. The molecule has 0 unspecified atom stereocenters. The van der Waals surface area contributed by atoms with Gasteiger partial charge in [-0.05, 0) is 24.8 Å². The molecule has 1 aliphatic heterocycles. The molecular formula is C16H28N4. The van der Waals surface area contributed by atoms with E-state index in [1.54, 1.807) is 0 Å².